The molecule has 3 rings (SSSR count). The van der Waals surface area contributed by atoms with E-state index >= 15 is 0 Å². The molecular weight excluding hydrogens is 316 g/mol. The van der Waals surface area contributed by atoms with Crippen molar-refractivity contribution in [3.8, 4) is 11.5 Å². The quantitative estimate of drug-likeness (QED) is 0.685. The van der Waals surface area contributed by atoms with Crippen LogP contribution < -0.4 is 4.74 Å². The first-order chi connectivity index (χ1) is 11.5. The highest BCUT2D eigenvalue weighted by molar-refractivity contribution is 7.80. The molecule has 2 saturated carbocycles. The van der Waals surface area contributed by atoms with Crippen LogP contribution in [0, 0.1) is 31.6 Å². The molecule has 1 aromatic carbocycles. The van der Waals surface area contributed by atoms with Crippen molar-refractivity contribution in [2.24, 2.45) is 17.8 Å². The maximum Gasteiger partial charge on any atom is 0.161 e. The molecule has 0 bridgehead atoms. The van der Waals surface area contributed by atoms with Gasteiger partial charge in [0.2, 0.25) is 0 Å². The summed E-state index contributed by atoms with van der Waals surface area (Å²) >= 11 is 4.63. The molecule has 0 saturated heterocycles. The molecule has 2 fully saturated rings. The summed E-state index contributed by atoms with van der Waals surface area (Å²) in [6, 6.07) is 3.93. The molecule has 0 amide bonds. The molecule has 2 aliphatic carbocycles. The monoisotopic (exact) mass is 348 g/mol. The molecule has 0 spiro atoms. The zero-order chi connectivity index (χ0) is 17.1. The van der Waals surface area contributed by atoms with Crippen LogP contribution in [0.2, 0.25) is 0 Å². The average molecular weight is 349 g/mol. The van der Waals surface area contributed by atoms with Gasteiger partial charge in [-0.1, -0.05) is 6.07 Å². The summed E-state index contributed by atoms with van der Waals surface area (Å²) in [5.74, 6) is 3.47. The summed E-state index contributed by atoms with van der Waals surface area (Å²) < 4.78 is 5.95. The van der Waals surface area contributed by atoms with Gasteiger partial charge >= 0.3 is 0 Å². The summed E-state index contributed by atoms with van der Waals surface area (Å²) in [7, 11) is 0. The zero-order valence-corrected chi connectivity index (χ0v) is 16.0. The Labute approximate surface area is 152 Å². The molecule has 0 unspecified atom stereocenters. The number of aryl methyl sites for hydroxylation is 1. The van der Waals surface area contributed by atoms with Gasteiger partial charge in [-0.05, 0) is 100 Å². The largest absolute Gasteiger partial charge is 0.504 e. The molecule has 134 valence electrons. The molecule has 0 atom stereocenters. The second kappa shape index (κ2) is 8.03. The van der Waals surface area contributed by atoms with Crippen molar-refractivity contribution in [2.75, 3.05) is 6.61 Å². The fourth-order valence-electron chi connectivity index (χ4n) is 4.50. The van der Waals surface area contributed by atoms with Crippen LogP contribution in [0.3, 0.4) is 0 Å². The average Bonchev–Trinajstić information content (AvgIpc) is 2.60. The topological polar surface area (TPSA) is 29.5 Å². The second-order valence-corrected chi connectivity index (χ2v) is 8.74. The van der Waals surface area contributed by atoms with E-state index in [1.165, 1.54) is 51.4 Å². The Kier molecular flexibility index (Phi) is 6.02. The van der Waals surface area contributed by atoms with Gasteiger partial charge in [-0.15, -0.1) is 0 Å². The standard InChI is InChI=1S/C21H32O2S/c1-14-3-12-20(21(22)15(14)2)23-13-16-4-6-17(7-5-16)18-8-10-19(24)11-9-18/h3,12,16-19,22,24H,4-11,13H2,1-2H3. The first-order valence-electron chi connectivity index (χ1n) is 9.64. The molecule has 24 heavy (non-hydrogen) atoms. The molecule has 0 radical (unpaired) electrons. The van der Waals surface area contributed by atoms with Crippen LogP contribution in [0.1, 0.15) is 62.5 Å². The number of benzene rings is 1. The Bertz CT molecular complexity index is 541. The Balaban J connectivity index is 1.45. The number of rotatable bonds is 4. The maximum atomic E-state index is 10.2. The third-order valence-electron chi connectivity index (χ3n) is 6.44. The molecule has 2 nitrogen and oxygen atoms in total. The lowest BCUT2D eigenvalue weighted by Crippen LogP contribution is -2.27. The molecule has 0 aliphatic heterocycles. The lowest BCUT2D eigenvalue weighted by molar-refractivity contribution is 0.135. The molecule has 1 N–H and O–H groups in total. The predicted molar refractivity (Wildman–Crippen MR) is 103 cm³/mol. The lowest BCUT2D eigenvalue weighted by atomic mass is 9.71. The van der Waals surface area contributed by atoms with E-state index < -0.39 is 0 Å². The molecule has 3 heteroatoms. The number of thiol groups is 1. The summed E-state index contributed by atoms with van der Waals surface area (Å²) in [5, 5.41) is 10.9. The molecule has 0 heterocycles. The van der Waals surface area contributed by atoms with Crippen LogP contribution in [0.4, 0.5) is 0 Å². The lowest BCUT2D eigenvalue weighted by Gasteiger charge is -2.37. The Morgan fingerprint density at radius 2 is 1.54 bits per heavy atom. The minimum Gasteiger partial charge on any atom is -0.504 e. The Morgan fingerprint density at radius 1 is 0.958 bits per heavy atom. The highest BCUT2D eigenvalue weighted by Gasteiger charge is 2.30. The number of hydrogen-bond donors (Lipinski definition) is 2. The first-order valence-corrected chi connectivity index (χ1v) is 10.2. The molecule has 1 aromatic rings. The van der Waals surface area contributed by atoms with Gasteiger partial charge in [0.1, 0.15) is 0 Å². The van der Waals surface area contributed by atoms with Gasteiger partial charge < -0.3 is 9.84 Å². The highest BCUT2D eigenvalue weighted by Crippen LogP contribution is 2.41. The van der Waals surface area contributed by atoms with Gasteiger partial charge in [-0.25, -0.2) is 0 Å². The Morgan fingerprint density at radius 3 is 2.17 bits per heavy atom. The van der Waals surface area contributed by atoms with Crippen molar-refractivity contribution >= 4 is 12.6 Å². The minimum absolute atomic E-state index is 0.312. The first kappa shape index (κ1) is 18.0. The van der Waals surface area contributed by atoms with E-state index in [1.54, 1.807) is 0 Å². The number of hydrogen-bond acceptors (Lipinski definition) is 3. The Hall–Kier alpha value is -0.830. The van der Waals surface area contributed by atoms with Crippen molar-refractivity contribution in [1.29, 1.82) is 0 Å². The molecule has 2 aliphatic rings. The van der Waals surface area contributed by atoms with E-state index in [0.717, 1.165) is 29.6 Å². The van der Waals surface area contributed by atoms with Gasteiger partial charge in [-0.3, -0.25) is 0 Å². The predicted octanol–water partition coefficient (Wildman–Crippen LogP) is 5.68. The fourth-order valence-corrected chi connectivity index (χ4v) is 4.80. The number of phenolic OH excluding ortho intramolecular Hbond substituents is 1. The number of phenols is 1. The third-order valence-corrected chi connectivity index (χ3v) is 6.96. The van der Waals surface area contributed by atoms with Crippen LogP contribution in [-0.2, 0) is 0 Å². The van der Waals surface area contributed by atoms with Crippen LogP contribution in [0.15, 0.2) is 12.1 Å². The normalized spacial score (nSPS) is 31.0. The van der Waals surface area contributed by atoms with E-state index in [-0.39, 0.29) is 0 Å². The maximum absolute atomic E-state index is 10.2. The highest BCUT2D eigenvalue weighted by atomic mass is 32.1. The van der Waals surface area contributed by atoms with Gasteiger partial charge in [0.05, 0.1) is 6.61 Å². The van der Waals surface area contributed by atoms with Gasteiger partial charge in [-0.2, -0.15) is 12.6 Å². The van der Waals surface area contributed by atoms with Crippen LogP contribution in [-0.4, -0.2) is 17.0 Å². The van der Waals surface area contributed by atoms with Crippen molar-refractivity contribution in [3.63, 3.8) is 0 Å². The minimum atomic E-state index is 0.312. The summed E-state index contributed by atoms with van der Waals surface area (Å²) in [6.07, 6.45) is 10.6. The van der Waals surface area contributed by atoms with Gasteiger partial charge in [0, 0.05) is 5.25 Å². The second-order valence-electron chi connectivity index (χ2n) is 8.01. The van der Waals surface area contributed by atoms with Crippen molar-refractivity contribution in [1.82, 2.24) is 0 Å². The SMILES string of the molecule is Cc1ccc(OCC2CCC(C3CCC(S)CC3)CC2)c(O)c1C. The van der Waals surface area contributed by atoms with Crippen molar-refractivity contribution < 1.29 is 9.84 Å². The fraction of sp³-hybridized carbons (Fsp3) is 0.714. The smallest absolute Gasteiger partial charge is 0.161 e. The van der Waals surface area contributed by atoms with E-state index in [1.807, 2.05) is 26.0 Å². The van der Waals surface area contributed by atoms with E-state index in [9.17, 15) is 5.11 Å². The van der Waals surface area contributed by atoms with Crippen LogP contribution in [0.5, 0.6) is 11.5 Å². The summed E-state index contributed by atoms with van der Waals surface area (Å²) in [5.41, 5.74) is 2.03. The zero-order valence-electron chi connectivity index (χ0n) is 15.1. The summed E-state index contributed by atoms with van der Waals surface area (Å²) in [4.78, 5) is 0. The van der Waals surface area contributed by atoms with Crippen LogP contribution in [0.25, 0.3) is 0 Å². The van der Waals surface area contributed by atoms with E-state index in [2.05, 4.69) is 12.6 Å². The van der Waals surface area contributed by atoms with Crippen molar-refractivity contribution in [2.45, 2.75) is 70.5 Å². The summed E-state index contributed by atoms with van der Waals surface area (Å²) in [6.45, 7) is 4.70. The van der Waals surface area contributed by atoms with E-state index in [4.69, 9.17) is 4.74 Å². The third kappa shape index (κ3) is 4.22. The number of ether oxygens (including phenoxy) is 1. The van der Waals surface area contributed by atoms with E-state index in [0.29, 0.717) is 22.7 Å². The number of aromatic hydroxyl groups is 1. The van der Waals surface area contributed by atoms with Crippen LogP contribution >= 0.6 is 12.6 Å². The van der Waals surface area contributed by atoms with Gasteiger partial charge in [0.25, 0.3) is 0 Å². The molecular formula is C21H32O2S. The van der Waals surface area contributed by atoms with Crippen molar-refractivity contribution in [3.05, 3.63) is 23.3 Å². The van der Waals surface area contributed by atoms with Gasteiger partial charge in [0.15, 0.2) is 11.5 Å². The molecule has 0 aromatic heterocycles.